The minimum Gasteiger partial charge on any atom is -0.347 e. The van der Waals surface area contributed by atoms with Crippen LogP contribution < -0.4 is 0 Å². The van der Waals surface area contributed by atoms with Gasteiger partial charge in [0, 0.05) is 20.2 Å². The van der Waals surface area contributed by atoms with Crippen LogP contribution in [-0.2, 0) is 4.79 Å². The molecule has 0 spiro atoms. The Kier molecular flexibility index (Phi) is 3.78. The lowest BCUT2D eigenvalue weighted by Crippen LogP contribution is -2.30. The van der Waals surface area contributed by atoms with E-state index in [1.165, 1.54) is 11.0 Å². The maximum atomic E-state index is 13.7. The van der Waals surface area contributed by atoms with Gasteiger partial charge in [-0.3, -0.25) is 4.79 Å². The van der Waals surface area contributed by atoms with Crippen LogP contribution in [0.15, 0.2) is 16.6 Å². The summed E-state index contributed by atoms with van der Waals surface area (Å²) >= 11 is 8.35. The van der Waals surface area contributed by atoms with Crippen molar-refractivity contribution in [2.75, 3.05) is 14.1 Å². The number of nitrogens with zero attached hydrogens (tertiary/aromatic N) is 2. The highest BCUT2D eigenvalue weighted by Crippen LogP contribution is 2.25. The van der Waals surface area contributed by atoms with E-state index in [9.17, 15) is 9.18 Å². The van der Waals surface area contributed by atoms with Crippen LogP contribution in [0.1, 0.15) is 13.0 Å². The lowest BCUT2D eigenvalue weighted by atomic mass is 10.2. The average Bonchev–Trinajstić information content (AvgIpc) is 2.63. The molecule has 0 saturated carbocycles. The lowest BCUT2D eigenvalue weighted by Gasteiger charge is -2.18. The second-order valence-electron chi connectivity index (χ2n) is 4.49. The Morgan fingerprint density at radius 2 is 2.16 bits per heavy atom. The van der Waals surface area contributed by atoms with Gasteiger partial charge in [0.05, 0.1) is 15.5 Å². The number of carbonyl (C=O) groups excluding carboxylic acids is 1. The Labute approximate surface area is 123 Å². The fourth-order valence-corrected chi connectivity index (χ4v) is 2.70. The molecule has 0 aliphatic rings. The van der Waals surface area contributed by atoms with Gasteiger partial charge in [-0.05, 0) is 41.1 Å². The Hall–Kier alpha value is -1.21. The van der Waals surface area contributed by atoms with Gasteiger partial charge in [-0.2, -0.15) is 0 Å². The smallest absolute Gasteiger partial charge is 0.244 e. The van der Waals surface area contributed by atoms with E-state index in [-0.39, 0.29) is 11.7 Å². The number of nitrogens with one attached hydrogen (secondary N) is 1. The van der Waals surface area contributed by atoms with Crippen molar-refractivity contribution in [3.63, 3.8) is 0 Å². The van der Waals surface area contributed by atoms with Gasteiger partial charge in [0.15, 0.2) is 4.77 Å². The highest BCUT2D eigenvalue weighted by atomic mass is 79.9. The van der Waals surface area contributed by atoms with Crippen molar-refractivity contribution in [1.82, 2.24) is 14.5 Å². The molecular formula is C12H13BrFN3OS. The molecule has 0 radical (unpaired) electrons. The molecule has 4 nitrogen and oxygen atoms in total. The van der Waals surface area contributed by atoms with Crippen molar-refractivity contribution in [2.24, 2.45) is 0 Å². The Morgan fingerprint density at radius 1 is 1.53 bits per heavy atom. The summed E-state index contributed by atoms with van der Waals surface area (Å²) < 4.78 is 16.0. The molecule has 19 heavy (non-hydrogen) atoms. The number of hydrogen-bond donors (Lipinski definition) is 1. The molecular weight excluding hydrogens is 333 g/mol. The predicted molar refractivity (Wildman–Crippen MR) is 78.2 cm³/mol. The Bertz CT molecular complexity index is 707. The molecule has 1 heterocycles. The number of hydrogen-bond acceptors (Lipinski definition) is 2. The standard InChI is InChI=1S/C12H13BrFN3OS/c1-6(11(18)16(2)3)17-10-5-8(14)7(13)4-9(10)15-12(17)19/h4-6H,1-3H3,(H,15,19). The molecule has 1 N–H and O–H groups in total. The molecule has 1 unspecified atom stereocenters. The fraction of sp³-hybridized carbons (Fsp3) is 0.333. The highest BCUT2D eigenvalue weighted by molar-refractivity contribution is 9.10. The van der Waals surface area contributed by atoms with Gasteiger partial charge in [-0.15, -0.1) is 0 Å². The van der Waals surface area contributed by atoms with E-state index in [0.29, 0.717) is 20.3 Å². The van der Waals surface area contributed by atoms with Crippen molar-refractivity contribution in [3.8, 4) is 0 Å². The number of aromatic nitrogens is 2. The maximum absolute atomic E-state index is 13.7. The number of likely N-dealkylation sites (N-methyl/N-ethyl adjacent to an activating group) is 1. The van der Waals surface area contributed by atoms with Crippen LogP contribution in [0.4, 0.5) is 4.39 Å². The zero-order valence-corrected chi connectivity index (χ0v) is 13.1. The minimum atomic E-state index is -0.489. The molecule has 2 aromatic rings. The molecule has 2 rings (SSSR count). The fourth-order valence-electron chi connectivity index (χ4n) is 1.99. The number of fused-ring (bicyclic) bond motifs is 1. The predicted octanol–water partition coefficient (Wildman–Crippen LogP) is 3.25. The van der Waals surface area contributed by atoms with Gasteiger partial charge >= 0.3 is 0 Å². The summed E-state index contributed by atoms with van der Waals surface area (Å²) in [7, 11) is 3.35. The number of carbonyl (C=O) groups is 1. The number of rotatable bonds is 2. The number of H-pyrrole nitrogens is 1. The number of amides is 1. The zero-order valence-electron chi connectivity index (χ0n) is 10.7. The van der Waals surface area contributed by atoms with E-state index in [4.69, 9.17) is 12.2 Å². The summed E-state index contributed by atoms with van der Waals surface area (Å²) in [5.74, 6) is -0.486. The number of aromatic amines is 1. The number of benzene rings is 1. The van der Waals surface area contributed by atoms with Crippen molar-refractivity contribution in [1.29, 1.82) is 0 Å². The molecule has 0 bridgehead atoms. The monoisotopic (exact) mass is 345 g/mol. The van der Waals surface area contributed by atoms with Crippen LogP contribution in [0, 0.1) is 10.6 Å². The Morgan fingerprint density at radius 3 is 2.74 bits per heavy atom. The first-order valence-electron chi connectivity index (χ1n) is 5.63. The van der Waals surface area contributed by atoms with Gasteiger partial charge in [-0.25, -0.2) is 4.39 Å². The second kappa shape index (κ2) is 5.05. The molecule has 0 aliphatic heterocycles. The summed E-state index contributed by atoms with van der Waals surface area (Å²) in [6.45, 7) is 1.74. The molecule has 0 saturated heterocycles. The van der Waals surface area contributed by atoms with Gasteiger partial charge < -0.3 is 14.5 Å². The molecule has 7 heteroatoms. The van der Waals surface area contributed by atoms with Gasteiger partial charge in [0.25, 0.3) is 0 Å². The summed E-state index contributed by atoms with van der Waals surface area (Å²) in [5.41, 5.74) is 1.27. The number of imidazole rings is 1. The van der Waals surface area contributed by atoms with E-state index >= 15 is 0 Å². The molecule has 1 aromatic heterocycles. The zero-order chi connectivity index (χ0) is 14.3. The first-order valence-corrected chi connectivity index (χ1v) is 6.83. The highest BCUT2D eigenvalue weighted by Gasteiger charge is 2.20. The largest absolute Gasteiger partial charge is 0.347 e. The summed E-state index contributed by atoms with van der Waals surface area (Å²) in [6.07, 6.45) is 0. The first-order chi connectivity index (χ1) is 8.82. The third-order valence-corrected chi connectivity index (χ3v) is 3.85. The average molecular weight is 346 g/mol. The third kappa shape index (κ3) is 2.44. The molecule has 1 atom stereocenters. The van der Waals surface area contributed by atoms with Crippen LogP contribution >= 0.6 is 28.1 Å². The molecule has 1 aromatic carbocycles. The van der Waals surface area contributed by atoms with E-state index in [1.807, 2.05) is 0 Å². The third-order valence-electron chi connectivity index (χ3n) is 2.94. The Balaban J connectivity index is 2.67. The van der Waals surface area contributed by atoms with Crippen molar-refractivity contribution < 1.29 is 9.18 Å². The molecule has 0 fully saturated rings. The van der Waals surface area contributed by atoms with E-state index in [0.717, 1.165) is 0 Å². The SMILES string of the molecule is CC(C(=O)N(C)C)n1c(=S)[nH]c2cc(Br)c(F)cc21. The van der Waals surface area contributed by atoms with Crippen LogP contribution in [0.3, 0.4) is 0 Å². The molecule has 0 aliphatic carbocycles. The quantitative estimate of drug-likeness (QED) is 0.848. The normalized spacial score (nSPS) is 12.7. The number of halogens is 2. The molecule has 1 amide bonds. The van der Waals surface area contributed by atoms with Gasteiger partial charge in [0.2, 0.25) is 5.91 Å². The van der Waals surface area contributed by atoms with Crippen molar-refractivity contribution in [2.45, 2.75) is 13.0 Å². The van der Waals surface area contributed by atoms with Gasteiger partial charge in [-0.1, -0.05) is 0 Å². The van der Waals surface area contributed by atoms with Crippen LogP contribution in [0.2, 0.25) is 0 Å². The topological polar surface area (TPSA) is 41.0 Å². The molecule has 102 valence electrons. The minimum absolute atomic E-state index is 0.0969. The van der Waals surface area contributed by atoms with Crippen molar-refractivity contribution in [3.05, 3.63) is 27.2 Å². The van der Waals surface area contributed by atoms with Crippen LogP contribution in [-0.4, -0.2) is 34.5 Å². The van der Waals surface area contributed by atoms with Crippen LogP contribution in [0.5, 0.6) is 0 Å². The maximum Gasteiger partial charge on any atom is 0.244 e. The summed E-state index contributed by atoms with van der Waals surface area (Å²) in [4.78, 5) is 16.5. The second-order valence-corrected chi connectivity index (χ2v) is 5.73. The lowest BCUT2D eigenvalue weighted by molar-refractivity contribution is -0.131. The van der Waals surface area contributed by atoms with E-state index < -0.39 is 6.04 Å². The van der Waals surface area contributed by atoms with Gasteiger partial charge in [0.1, 0.15) is 11.9 Å². The first kappa shape index (κ1) is 14.2. The van der Waals surface area contributed by atoms with Crippen molar-refractivity contribution >= 4 is 45.1 Å². The van der Waals surface area contributed by atoms with E-state index in [1.54, 1.807) is 31.7 Å². The van der Waals surface area contributed by atoms with Crippen LogP contribution in [0.25, 0.3) is 11.0 Å². The summed E-state index contributed by atoms with van der Waals surface area (Å²) in [6, 6.07) is 2.49. The van der Waals surface area contributed by atoms with E-state index in [2.05, 4.69) is 20.9 Å². The summed E-state index contributed by atoms with van der Waals surface area (Å²) in [5, 5.41) is 0.